The van der Waals surface area contributed by atoms with Crippen LogP contribution in [0.2, 0.25) is 0 Å². The third-order valence-electron chi connectivity index (χ3n) is 2.25. The molecule has 0 aromatic heterocycles. The molecule has 0 heterocycles. The van der Waals surface area contributed by atoms with E-state index in [9.17, 15) is 5.11 Å². The third-order valence-corrected chi connectivity index (χ3v) is 2.25. The summed E-state index contributed by atoms with van der Waals surface area (Å²) in [5.41, 5.74) is 4.59. The Labute approximate surface area is 89.8 Å². The molecule has 4 nitrogen and oxygen atoms in total. The molecular weight excluding hydrogens is 194 g/mol. The fourth-order valence-corrected chi connectivity index (χ4v) is 1.37. The summed E-state index contributed by atoms with van der Waals surface area (Å²) in [7, 11) is 3.08. The Morgan fingerprint density at radius 2 is 2.07 bits per heavy atom. The van der Waals surface area contributed by atoms with E-state index in [2.05, 4.69) is 12.4 Å². The van der Waals surface area contributed by atoms with Gasteiger partial charge in [-0.3, -0.25) is 0 Å². The minimum atomic E-state index is 0.166. The largest absolute Gasteiger partial charge is 0.504 e. The number of rotatable bonds is 5. The van der Waals surface area contributed by atoms with Gasteiger partial charge in [0, 0.05) is 12.1 Å². The monoisotopic (exact) mass is 211 g/mol. The number of nitrogens with one attached hydrogen (secondary N) is 1. The van der Waals surface area contributed by atoms with Gasteiger partial charge in [0.1, 0.15) is 0 Å². The molecule has 0 atom stereocenters. The molecule has 0 aliphatic heterocycles. The number of phenols is 1. The fourth-order valence-electron chi connectivity index (χ4n) is 1.37. The molecule has 0 amide bonds. The molecule has 2 N–H and O–H groups in total. The lowest BCUT2D eigenvalue weighted by Gasteiger charge is -2.11. The summed E-state index contributed by atoms with van der Waals surface area (Å²) >= 11 is 0. The lowest BCUT2D eigenvalue weighted by Crippen LogP contribution is -2.11. The summed E-state index contributed by atoms with van der Waals surface area (Å²) in [6.45, 7) is 2.51. The Hall–Kier alpha value is -1.26. The standard InChI is InChI=1S/C11H17NO3/c1-4-8-5-9(7-12-15-3)11(13)10(6-8)14-2/h5-6,12-13H,4,7H2,1-3H3. The van der Waals surface area contributed by atoms with E-state index in [4.69, 9.17) is 9.57 Å². The summed E-state index contributed by atoms with van der Waals surface area (Å²) in [4.78, 5) is 4.75. The highest BCUT2D eigenvalue weighted by molar-refractivity contribution is 5.48. The molecular formula is C11H17NO3. The second-order valence-corrected chi connectivity index (χ2v) is 3.18. The van der Waals surface area contributed by atoms with Gasteiger partial charge in [-0.25, -0.2) is 0 Å². The number of methoxy groups -OCH3 is 1. The van der Waals surface area contributed by atoms with Crippen LogP contribution >= 0.6 is 0 Å². The number of ether oxygens (including phenoxy) is 1. The van der Waals surface area contributed by atoms with Crippen LogP contribution < -0.4 is 10.2 Å². The van der Waals surface area contributed by atoms with E-state index < -0.39 is 0 Å². The van der Waals surface area contributed by atoms with Gasteiger partial charge in [0.05, 0.1) is 14.2 Å². The lowest BCUT2D eigenvalue weighted by atomic mass is 10.1. The topological polar surface area (TPSA) is 50.7 Å². The van der Waals surface area contributed by atoms with Gasteiger partial charge in [-0.05, 0) is 18.1 Å². The maximum absolute atomic E-state index is 9.81. The zero-order valence-electron chi connectivity index (χ0n) is 9.33. The van der Waals surface area contributed by atoms with E-state index in [1.54, 1.807) is 7.11 Å². The van der Waals surface area contributed by atoms with Gasteiger partial charge in [0.25, 0.3) is 0 Å². The zero-order chi connectivity index (χ0) is 11.3. The summed E-state index contributed by atoms with van der Waals surface area (Å²) < 4.78 is 5.09. The van der Waals surface area contributed by atoms with Gasteiger partial charge >= 0.3 is 0 Å². The predicted octanol–water partition coefficient (Wildman–Crippen LogP) is 1.61. The molecule has 4 heteroatoms. The van der Waals surface area contributed by atoms with Crippen LogP contribution in [0.15, 0.2) is 12.1 Å². The Kier molecular flexibility index (Phi) is 4.39. The molecule has 15 heavy (non-hydrogen) atoms. The molecule has 0 aliphatic rings. The van der Waals surface area contributed by atoms with Crippen molar-refractivity contribution in [2.75, 3.05) is 14.2 Å². The molecule has 0 unspecified atom stereocenters. The Morgan fingerprint density at radius 1 is 1.33 bits per heavy atom. The number of aryl methyl sites for hydroxylation is 1. The number of hydrogen-bond donors (Lipinski definition) is 2. The first kappa shape index (κ1) is 11.8. The van der Waals surface area contributed by atoms with Crippen molar-refractivity contribution in [2.24, 2.45) is 0 Å². The molecule has 1 aromatic rings. The van der Waals surface area contributed by atoms with Gasteiger partial charge in [-0.1, -0.05) is 13.0 Å². The lowest BCUT2D eigenvalue weighted by molar-refractivity contribution is 0.0860. The number of benzene rings is 1. The van der Waals surface area contributed by atoms with Crippen molar-refractivity contribution >= 4 is 0 Å². The van der Waals surface area contributed by atoms with Crippen molar-refractivity contribution in [3.63, 3.8) is 0 Å². The summed E-state index contributed by atoms with van der Waals surface area (Å²) in [5, 5.41) is 9.81. The number of aromatic hydroxyl groups is 1. The molecule has 1 rings (SSSR count). The van der Waals surface area contributed by atoms with E-state index in [-0.39, 0.29) is 5.75 Å². The molecule has 0 saturated carbocycles. The van der Waals surface area contributed by atoms with E-state index in [0.717, 1.165) is 17.5 Å². The van der Waals surface area contributed by atoms with Crippen LogP contribution in [0.25, 0.3) is 0 Å². The number of hydroxylamine groups is 1. The zero-order valence-corrected chi connectivity index (χ0v) is 9.33. The Balaban J connectivity index is 3.01. The molecule has 0 spiro atoms. The second kappa shape index (κ2) is 5.58. The maximum atomic E-state index is 9.81. The predicted molar refractivity (Wildman–Crippen MR) is 57.9 cm³/mol. The molecule has 0 bridgehead atoms. The maximum Gasteiger partial charge on any atom is 0.162 e. The molecule has 0 fully saturated rings. The normalized spacial score (nSPS) is 10.3. The van der Waals surface area contributed by atoms with Crippen LogP contribution in [0.1, 0.15) is 18.1 Å². The first-order valence-corrected chi connectivity index (χ1v) is 4.87. The minimum Gasteiger partial charge on any atom is -0.504 e. The third kappa shape index (κ3) is 2.84. The molecule has 1 aromatic carbocycles. The molecule has 0 radical (unpaired) electrons. The van der Waals surface area contributed by atoms with E-state index in [1.165, 1.54) is 7.11 Å². The Bertz CT molecular complexity index is 326. The van der Waals surface area contributed by atoms with Crippen LogP contribution in [-0.4, -0.2) is 19.3 Å². The smallest absolute Gasteiger partial charge is 0.162 e. The van der Waals surface area contributed by atoms with Crippen molar-refractivity contribution in [2.45, 2.75) is 19.9 Å². The first-order valence-electron chi connectivity index (χ1n) is 4.87. The van der Waals surface area contributed by atoms with Crippen LogP contribution in [0.5, 0.6) is 11.5 Å². The first-order chi connectivity index (χ1) is 7.22. The molecule has 84 valence electrons. The number of hydrogen-bond acceptors (Lipinski definition) is 4. The van der Waals surface area contributed by atoms with Crippen molar-refractivity contribution in [1.29, 1.82) is 0 Å². The highest BCUT2D eigenvalue weighted by Gasteiger charge is 2.09. The van der Waals surface area contributed by atoms with Gasteiger partial charge in [-0.15, -0.1) is 0 Å². The minimum absolute atomic E-state index is 0.166. The summed E-state index contributed by atoms with van der Waals surface area (Å²) in [6.07, 6.45) is 0.899. The van der Waals surface area contributed by atoms with Crippen LogP contribution in [0.4, 0.5) is 0 Å². The van der Waals surface area contributed by atoms with Gasteiger partial charge in [0.15, 0.2) is 11.5 Å². The fraction of sp³-hybridized carbons (Fsp3) is 0.455. The van der Waals surface area contributed by atoms with Gasteiger partial charge in [-0.2, -0.15) is 5.48 Å². The average molecular weight is 211 g/mol. The van der Waals surface area contributed by atoms with Crippen LogP contribution in [0, 0.1) is 0 Å². The van der Waals surface area contributed by atoms with Crippen LogP contribution in [-0.2, 0) is 17.8 Å². The Morgan fingerprint density at radius 3 is 2.60 bits per heavy atom. The van der Waals surface area contributed by atoms with E-state index in [0.29, 0.717) is 12.3 Å². The second-order valence-electron chi connectivity index (χ2n) is 3.18. The van der Waals surface area contributed by atoms with Crippen molar-refractivity contribution in [3.05, 3.63) is 23.3 Å². The summed E-state index contributed by atoms with van der Waals surface area (Å²) in [5.74, 6) is 0.668. The SMILES string of the molecule is CCc1cc(CNOC)c(O)c(OC)c1. The van der Waals surface area contributed by atoms with Gasteiger partial charge in [0.2, 0.25) is 0 Å². The average Bonchev–Trinajstić information content (AvgIpc) is 2.27. The molecule has 0 aliphatic carbocycles. The van der Waals surface area contributed by atoms with Crippen molar-refractivity contribution < 1.29 is 14.7 Å². The van der Waals surface area contributed by atoms with Crippen molar-refractivity contribution in [1.82, 2.24) is 5.48 Å². The number of phenolic OH excluding ortho intramolecular Hbond substituents is 1. The highest BCUT2D eigenvalue weighted by Crippen LogP contribution is 2.31. The highest BCUT2D eigenvalue weighted by atomic mass is 16.6. The van der Waals surface area contributed by atoms with E-state index >= 15 is 0 Å². The summed E-state index contributed by atoms with van der Waals surface area (Å²) in [6, 6.07) is 3.77. The van der Waals surface area contributed by atoms with Crippen molar-refractivity contribution in [3.8, 4) is 11.5 Å². The van der Waals surface area contributed by atoms with E-state index in [1.807, 2.05) is 12.1 Å². The van der Waals surface area contributed by atoms with Crippen LogP contribution in [0.3, 0.4) is 0 Å². The quantitative estimate of drug-likeness (QED) is 0.726. The molecule has 0 saturated heterocycles. The van der Waals surface area contributed by atoms with Gasteiger partial charge < -0.3 is 14.7 Å².